The molecule has 0 fully saturated rings. The zero-order valence-corrected chi connectivity index (χ0v) is 7.49. The van der Waals surface area contributed by atoms with Gasteiger partial charge in [-0.25, -0.2) is 17.9 Å². The second kappa shape index (κ2) is 3.58. The first-order chi connectivity index (χ1) is 6.01. The lowest BCUT2D eigenvalue weighted by Crippen LogP contribution is -2.30. The second-order valence-corrected chi connectivity index (χ2v) is 3.96. The summed E-state index contributed by atoms with van der Waals surface area (Å²) in [6.45, 7) is 0.135. The standard InChI is InChI=1S/C6H9N3O3S/c7-6(10)9-3-1-2-8-13(11,12)5-4-9/h1,3-5,8H,2H2,(H2,7,10). The summed E-state index contributed by atoms with van der Waals surface area (Å²) in [5, 5.41) is 0.876. The zero-order valence-electron chi connectivity index (χ0n) is 6.67. The third-order valence-corrected chi connectivity index (χ3v) is 2.37. The minimum absolute atomic E-state index is 0.135. The number of carbonyl (C=O) groups is 1. The Morgan fingerprint density at radius 1 is 1.46 bits per heavy atom. The Balaban J connectivity index is 2.91. The molecule has 13 heavy (non-hydrogen) atoms. The van der Waals surface area contributed by atoms with Crippen molar-refractivity contribution in [2.75, 3.05) is 6.54 Å². The molecule has 2 amide bonds. The van der Waals surface area contributed by atoms with Gasteiger partial charge in [0.25, 0.3) is 0 Å². The van der Waals surface area contributed by atoms with Crippen molar-refractivity contribution in [2.24, 2.45) is 5.73 Å². The SMILES string of the molecule is NC(=O)N1C=CCNS(=O)(=O)C=C1. The summed E-state index contributed by atoms with van der Waals surface area (Å²) in [6, 6.07) is -0.732. The van der Waals surface area contributed by atoms with Gasteiger partial charge in [-0.2, -0.15) is 0 Å². The molecule has 0 aromatic carbocycles. The molecule has 3 N–H and O–H groups in total. The zero-order chi connectivity index (χ0) is 9.90. The Labute approximate surface area is 75.8 Å². The molecule has 0 bridgehead atoms. The molecule has 72 valence electrons. The summed E-state index contributed by atoms with van der Waals surface area (Å²) in [5.74, 6) is 0. The van der Waals surface area contributed by atoms with Crippen molar-refractivity contribution in [1.82, 2.24) is 9.62 Å². The number of hydrogen-bond acceptors (Lipinski definition) is 3. The third kappa shape index (κ3) is 2.88. The van der Waals surface area contributed by atoms with Gasteiger partial charge < -0.3 is 5.73 Å². The minimum atomic E-state index is -3.44. The van der Waals surface area contributed by atoms with Crippen LogP contribution in [0.4, 0.5) is 4.79 Å². The Hall–Kier alpha value is -1.34. The number of urea groups is 1. The summed E-state index contributed by atoms with van der Waals surface area (Å²) >= 11 is 0. The first kappa shape index (κ1) is 9.75. The Morgan fingerprint density at radius 3 is 2.77 bits per heavy atom. The number of carbonyl (C=O) groups excluding carboxylic acids is 1. The number of nitrogens with zero attached hydrogens (tertiary/aromatic N) is 1. The molecule has 0 atom stereocenters. The normalized spacial score (nSPS) is 20.8. The van der Waals surface area contributed by atoms with E-state index in [-0.39, 0.29) is 6.54 Å². The van der Waals surface area contributed by atoms with Gasteiger partial charge in [0.1, 0.15) is 0 Å². The summed E-state index contributed by atoms with van der Waals surface area (Å²) in [6.07, 6.45) is 3.95. The van der Waals surface area contributed by atoms with E-state index in [1.165, 1.54) is 12.3 Å². The molecule has 7 heteroatoms. The molecular weight excluding hydrogens is 194 g/mol. The molecule has 0 saturated heterocycles. The van der Waals surface area contributed by atoms with Crippen molar-refractivity contribution >= 4 is 16.1 Å². The molecule has 0 unspecified atom stereocenters. The maximum Gasteiger partial charge on any atom is 0.322 e. The quantitative estimate of drug-likeness (QED) is 0.544. The fourth-order valence-electron chi connectivity index (χ4n) is 0.721. The van der Waals surface area contributed by atoms with E-state index in [9.17, 15) is 13.2 Å². The summed E-state index contributed by atoms with van der Waals surface area (Å²) in [4.78, 5) is 11.6. The van der Waals surface area contributed by atoms with Crippen LogP contribution in [0, 0.1) is 0 Å². The lowest BCUT2D eigenvalue weighted by Gasteiger charge is -2.11. The van der Waals surface area contributed by atoms with Crippen molar-refractivity contribution in [1.29, 1.82) is 0 Å². The first-order valence-electron chi connectivity index (χ1n) is 3.43. The van der Waals surface area contributed by atoms with Gasteiger partial charge in [0.2, 0.25) is 10.0 Å². The number of nitrogens with one attached hydrogen (secondary N) is 1. The average molecular weight is 203 g/mol. The maximum absolute atomic E-state index is 11.0. The number of amides is 2. The van der Waals surface area contributed by atoms with E-state index in [1.807, 2.05) is 0 Å². The lowest BCUT2D eigenvalue weighted by atomic mass is 10.6. The number of hydrogen-bond donors (Lipinski definition) is 2. The van der Waals surface area contributed by atoms with Gasteiger partial charge >= 0.3 is 6.03 Å². The van der Waals surface area contributed by atoms with Crippen LogP contribution >= 0.6 is 0 Å². The predicted molar refractivity (Wildman–Crippen MR) is 46.6 cm³/mol. The molecule has 0 aromatic rings. The van der Waals surface area contributed by atoms with Crippen molar-refractivity contribution in [3.63, 3.8) is 0 Å². The molecule has 1 rings (SSSR count). The summed E-state index contributed by atoms with van der Waals surface area (Å²) in [5.41, 5.74) is 4.95. The van der Waals surface area contributed by atoms with Gasteiger partial charge in [0.05, 0.1) is 5.41 Å². The molecule has 0 aliphatic carbocycles. The molecule has 0 saturated carbocycles. The van der Waals surface area contributed by atoms with Gasteiger partial charge in [-0.3, -0.25) is 4.90 Å². The maximum atomic E-state index is 11.0. The van der Waals surface area contributed by atoms with Crippen molar-refractivity contribution in [2.45, 2.75) is 0 Å². The van der Waals surface area contributed by atoms with Gasteiger partial charge in [0, 0.05) is 18.9 Å². The molecule has 6 nitrogen and oxygen atoms in total. The van der Waals surface area contributed by atoms with Crippen LogP contribution in [0.3, 0.4) is 0 Å². The summed E-state index contributed by atoms with van der Waals surface area (Å²) < 4.78 is 24.2. The van der Waals surface area contributed by atoms with Crippen LogP contribution in [0.25, 0.3) is 0 Å². The van der Waals surface area contributed by atoms with Crippen molar-refractivity contribution < 1.29 is 13.2 Å². The van der Waals surface area contributed by atoms with Crippen LogP contribution in [0.15, 0.2) is 23.9 Å². The molecule has 0 radical (unpaired) electrons. The Bertz CT molecular complexity index is 357. The fourth-order valence-corrected chi connectivity index (χ4v) is 1.44. The van der Waals surface area contributed by atoms with E-state index in [0.717, 1.165) is 16.5 Å². The molecule has 0 aromatic heterocycles. The smallest absolute Gasteiger partial charge is 0.322 e. The van der Waals surface area contributed by atoms with Gasteiger partial charge in [0.15, 0.2) is 0 Å². The second-order valence-electron chi connectivity index (χ2n) is 2.31. The van der Waals surface area contributed by atoms with Gasteiger partial charge in [-0.15, -0.1) is 0 Å². The van der Waals surface area contributed by atoms with E-state index in [4.69, 9.17) is 5.73 Å². The van der Waals surface area contributed by atoms with Gasteiger partial charge in [-0.05, 0) is 0 Å². The van der Waals surface area contributed by atoms with Crippen molar-refractivity contribution in [3.05, 3.63) is 23.9 Å². The van der Waals surface area contributed by atoms with Crippen LogP contribution in [-0.2, 0) is 10.0 Å². The molecule has 1 heterocycles. The molecule has 1 aliphatic rings. The van der Waals surface area contributed by atoms with Crippen LogP contribution < -0.4 is 10.5 Å². The van der Waals surface area contributed by atoms with E-state index in [2.05, 4.69) is 4.72 Å². The van der Waals surface area contributed by atoms with E-state index in [1.54, 1.807) is 0 Å². The minimum Gasteiger partial charge on any atom is -0.351 e. The topological polar surface area (TPSA) is 92.5 Å². The Morgan fingerprint density at radius 2 is 2.15 bits per heavy atom. The number of primary amides is 1. The average Bonchev–Trinajstić information content (AvgIpc) is 1.98. The van der Waals surface area contributed by atoms with Crippen LogP contribution in [0.2, 0.25) is 0 Å². The largest absolute Gasteiger partial charge is 0.351 e. The first-order valence-corrected chi connectivity index (χ1v) is 4.98. The number of nitrogens with two attached hydrogens (primary N) is 1. The third-order valence-electron chi connectivity index (χ3n) is 1.32. The molecule has 1 aliphatic heterocycles. The van der Waals surface area contributed by atoms with Gasteiger partial charge in [-0.1, -0.05) is 6.08 Å². The van der Waals surface area contributed by atoms with Crippen LogP contribution in [0.1, 0.15) is 0 Å². The van der Waals surface area contributed by atoms with Crippen LogP contribution in [-0.4, -0.2) is 25.9 Å². The molecule has 0 spiro atoms. The Kier molecular flexibility index (Phi) is 2.69. The highest BCUT2D eigenvalue weighted by Gasteiger charge is 2.08. The van der Waals surface area contributed by atoms with E-state index in [0.29, 0.717) is 0 Å². The van der Waals surface area contributed by atoms with E-state index >= 15 is 0 Å². The summed E-state index contributed by atoms with van der Waals surface area (Å²) in [7, 11) is -3.44. The highest BCUT2D eigenvalue weighted by atomic mass is 32.2. The number of rotatable bonds is 0. The fraction of sp³-hybridized carbons (Fsp3) is 0.167. The highest BCUT2D eigenvalue weighted by molar-refractivity contribution is 7.92. The predicted octanol–water partition coefficient (Wildman–Crippen LogP) is -0.715. The highest BCUT2D eigenvalue weighted by Crippen LogP contribution is 1.97. The van der Waals surface area contributed by atoms with E-state index < -0.39 is 16.1 Å². The lowest BCUT2D eigenvalue weighted by molar-refractivity contribution is 0.235. The van der Waals surface area contributed by atoms with Crippen LogP contribution in [0.5, 0.6) is 0 Å². The molecular formula is C6H9N3O3S. The van der Waals surface area contributed by atoms with Crippen molar-refractivity contribution in [3.8, 4) is 0 Å². The monoisotopic (exact) mass is 203 g/mol. The number of sulfonamides is 1.